The second-order valence-corrected chi connectivity index (χ2v) is 8.24. The number of H-pyrrole nitrogens is 1. The van der Waals surface area contributed by atoms with Gasteiger partial charge in [0.1, 0.15) is 17.7 Å². The first-order valence-electron chi connectivity index (χ1n) is 10.4. The summed E-state index contributed by atoms with van der Waals surface area (Å²) in [6.07, 6.45) is 5.18. The van der Waals surface area contributed by atoms with Gasteiger partial charge < -0.3 is 9.72 Å². The first-order valence-corrected chi connectivity index (χ1v) is 10.4. The third-order valence-corrected chi connectivity index (χ3v) is 6.44. The molecule has 0 radical (unpaired) electrons. The van der Waals surface area contributed by atoms with Crippen LogP contribution in [-0.4, -0.2) is 22.1 Å². The number of fused-ring (bicyclic) bond motifs is 2. The van der Waals surface area contributed by atoms with Gasteiger partial charge in [0, 0.05) is 30.8 Å². The van der Waals surface area contributed by atoms with Crippen LogP contribution in [0.1, 0.15) is 49.1 Å². The average molecular weight is 425 g/mol. The van der Waals surface area contributed by atoms with Crippen molar-refractivity contribution in [3.63, 3.8) is 0 Å². The summed E-state index contributed by atoms with van der Waals surface area (Å²) in [6, 6.07) is 8.93. The van der Waals surface area contributed by atoms with E-state index in [1.165, 1.54) is 6.07 Å². The zero-order valence-electron chi connectivity index (χ0n) is 17.0. The Bertz CT molecular complexity index is 1210. The minimum Gasteiger partial charge on any atom is -0.373 e. The fourth-order valence-electron chi connectivity index (χ4n) is 4.92. The third-order valence-electron chi connectivity index (χ3n) is 6.44. The lowest BCUT2D eigenvalue weighted by Gasteiger charge is -2.33. The molecule has 0 saturated heterocycles. The molecule has 1 aliphatic carbocycles. The minimum atomic E-state index is -0.916. The van der Waals surface area contributed by atoms with Gasteiger partial charge in [0.25, 0.3) is 0 Å². The molecule has 2 aromatic heterocycles. The number of aromatic amines is 1. The Morgan fingerprint density at radius 3 is 2.52 bits per heavy atom. The van der Waals surface area contributed by atoms with E-state index in [-0.39, 0.29) is 17.8 Å². The van der Waals surface area contributed by atoms with E-state index in [1.54, 1.807) is 25.4 Å². The number of ether oxygens (including phenoxy) is 1. The van der Waals surface area contributed by atoms with Gasteiger partial charge >= 0.3 is 0 Å². The van der Waals surface area contributed by atoms with Gasteiger partial charge in [-0.05, 0) is 67.3 Å². The predicted molar refractivity (Wildman–Crippen MR) is 112 cm³/mol. The Labute approximate surface area is 177 Å². The number of hydrogen-bond acceptors (Lipinski definition) is 3. The predicted octanol–water partition coefficient (Wildman–Crippen LogP) is 6.19. The maximum atomic E-state index is 13.8. The summed E-state index contributed by atoms with van der Waals surface area (Å²) >= 11 is 0. The molecule has 2 heterocycles. The fraction of sp³-hybridized carbons (Fsp3) is 0.333. The lowest BCUT2D eigenvalue weighted by molar-refractivity contribution is 0.0274. The van der Waals surface area contributed by atoms with Crippen molar-refractivity contribution >= 4 is 21.9 Å². The fourth-order valence-corrected chi connectivity index (χ4v) is 4.92. The Hall–Kier alpha value is -2.93. The number of nitrogens with zero attached hydrogens (tertiary/aromatic N) is 2. The highest BCUT2D eigenvalue weighted by Crippen LogP contribution is 2.43. The van der Waals surface area contributed by atoms with Gasteiger partial charge in [0.2, 0.25) is 0 Å². The van der Waals surface area contributed by atoms with Crippen LogP contribution in [0.5, 0.6) is 0 Å². The highest BCUT2D eigenvalue weighted by atomic mass is 19.2. The minimum absolute atomic E-state index is 0.223. The first kappa shape index (κ1) is 20.0. The summed E-state index contributed by atoms with van der Waals surface area (Å²) < 4.78 is 46.7. The molecule has 1 N–H and O–H groups in total. The summed E-state index contributed by atoms with van der Waals surface area (Å²) in [5.41, 5.74) is 2.77. The molecule has 4 nitrogen and oxygen atoms in total. The van der Waals surface area contributed by atoms with E-state index in [0.29, 0.717) is 22.8 Å². The summed E-state index contributed by atoms with van der Waals surface area (Å²) in [4.78, 5) is 11.9. The molecule has 0 spiro atoms. The monoisotopic (exact) mass is 425 g/mol. The number of aromatic nitrogens is 3. The van der Waals surface area contributed by atoms with Crippen molar-refractivity contribution in [3.05, 3.63) is 71.4 Å². The average Bonchev–Trinajstić information content (AvgIpc) is 3.17. The Morgan fingerprint density at radius 1 is 0.968 bits per heavy atom. The topological polar surface area (TPSA) is 50.8 Å². The summed E-state index contributed by atoms with van der Waals surface area (Å²) in [5, 5.41) is 0.871. The van der Waals surface area contributed by atoms with Crippen molar-refractivity contribution in [1.82, 2.24) is 15.0 Å². The van der Waals surface area contributed by atoms with Crippen LogP contribution in [0.3, 0.4) is 0 Å². The van der Waals surface area contributed by atoms with Gasteiger partial charge in [0.15, 0.2) is 11.6 Å². The Balaban J connectivity index is 1.37. The van der Waals surface area contributed by atoms with Crippen molar-refractivity contribution in [2.45, 2.75) is 37.7 Å². The largest absolute Gasteiger partial charge is 0.373 e. The van der Waals surface area contributed by atoms with Crippen molar-refractivity contribution in [1.29, 1.82) is 0 Å². The molecule has 7 heteroatoms. The lowest BCUT2D eigenvalue weighted by atomic mass is 9.76. The van der Waals surface area contributed by atoms with E-state index in [0.717, 1.165) is 54.3 Å². The van der Waals surface area contributed by atoms with E-state index >= 15 is 0 Å². The normalized spacial score (nSPS) is 20.4. The van der Waals surface area contributed by atoms with Gasteiger partial charge in [-0.15, -0.1) is 0 Å². The molecular weight excluding hydrogens is 403 g/mol. The van der Waals surface area contributed by atoms with E-state index < -0.39 is 11.6 Å². The van der Waals surface area contributed by atoms with Crippen LogP contribution < -0.4 is 0 Å². The summed E-state index contributed by atoms with van der Waals surface area (Å²) in [5.74, 6) is -0.949. The molecule has 0 bridgehead atoms. The van der Waals surface area contributed by atoms with Crippen molar-refractivity contribution in [2.75, 3.05) is 7.11 Å². The molecule has 0 aliphatic heterocycles. The number of rotatable bonds is 4. The van der Waals surface area contributed by atoms with Crippen LogP contribution in [0.2, 0.25) is 0 Å². The van der Waals surface area contributed by atoms with E-state index in [9.17, 15) is 13.2 Å². The summed E-state index contributed by atoms with van der Waals surface area (Å²) in [6.45, 7) is 0. The number of nitrogens with one attached hydrogen (secondary N) is 1. The lowest BCUT2D eigenvalue weighted by Crippen LogP contribution is -2.22. The van der Waals surface area contributed by atoms with Crippen molar-refractivity contribution in [2.24, 2.45) is 5.92 Å². The molecular formula is C24H22F3N3O. The van der Waals surface area contributed by atoms with Crippen LogP contribution in [0.25, 0.3) is 21.9 Å². The van der Waals surface area contributed by atoms with Crippen LogP contribution in [-0.2, 0) is 4.74 Å². The number of benzene rings is 2. The van der Waals surface area contributed by atoms with E-state index in [1.807, 2.05) is 6.07 Å². The number of pyridine rings is 1. The molecule has 5 rings (SSSR count). The standard InChI is InChI=1S/C24H22F3N3O/c1-31-23(24-29-21-11-18(26)19(27)12-22(21)30-24)14-4-2-13(3-5-14)16-8-9-28-20-7-6-15(25)10-17(16)20/h6-14,23H,2-5H2,1H3,(H,29,30)/t13?,14?,23-/m1/s1. The SMILES string of the molecule is CO[C@@H](c1nc2cc(F)c(F)cc2[nH]1)C1CCC(c2ccnc3ccc(F)cc23)CC1. The number of methoxy groups -OCH3 is 1. The molecule has 0 amide bonds. The Morgan fingerprint density at radius 2 is 1.74 bits per heavy atom. The van der Waals surface area contributed by atoms with Crippen LogP contribution >= 0.6 is 0 Å². The van der Waals surface area contributed by atoms with Gasteiger partial charge in [-0.25, -0.2) is 18.2 Å². The number of hydrogen-bond donors (Lipinski definition) is 1. The molecule has 31 heavy (non-hydrogen) atoms. The highest BCUT2D eigenvalue weighted by Gasteiger charge is 2.32. The van der Waals surface area contributed by atoms with E-state index in [4.69, 9.17) is 4.74 Å². The van der Waals surface area contributed by atoms with Gasteiger partial charge in [-0.2, -0.15) is 0 Å². The van der Waals surface area contributed by atoms with Gasteiger partial charge in [-0.1, -0.05) is 0 Å². The molecule has 1 fully saturated rings. The first-order chi connectivity index (χ1) is 15.0. The Kier molecular flexibility index (Phi) is 5.14. The highest BCUT2D eigenvalue weighted by molar-refractivity contribution is 5.82. The maximum Gasteiger partial charge on any atom is 0.161 e. The summed E-state index contributed by atoms with van der Waals surface area (Å²) in [7, 11) is 1.63. The van der Waals surface area contributed by atoms with Crippen LogP contribution in [0.15, 0.2) is 42.6 Å². The molecule has 2 aromatic carbocycles. The second-order valence-electron chi connectivity index (χ2n) is 8.24. The molecule has 0 unspecified atom stereocenters. The zero-order chi connectivity index (χ0) is 21.5. The molecule has 4 aromatic rings. The molecule has 1 saturated carbocycles. The third kappa shape index (κ3) is 3.67. The quantitative estimate of drug-likeness (QED) is 0.424. The van der Waals surface area contributed by atoms with Crippen LogP contribution in [0.4, 0.5) is 13.2 Å². The second kappa shape index (κ2) is 7.96. The number of imidazole rings is 1. The molecule has 160 valence electrons. The van der Waals surface area contributed by atoms with Crippen molar-refractivity contribution < 1.29 is 17.9 Å². The van der Waals surface area contributed by atoms with Gasteiger partial charge in [0.05, 0.1) is 16.6 Å². The maximum absolute atomic E-state index is 13.8. The van der Waals surface area contributed by atoms with E-state index in [2.05, 4.69) is 15.0 Å². The molecule has 1 aliphatic rings. The molecule has 1 atom stereocenters. The number of halogens is 3. The smallest absolute Gasteiger partial charge is 0.161 e. The van der Waals surface area contributed by atoms with Crippen LogP contribution in [0, 0.1) is 23.4 Å². The van der Waals surface area contributed by atoms with Crippen molar-refractivity contribution in [3.8, 4) is 0 Å². The zero-order valence-corrected chi connectivity index (χ0v) is 17.0. The van der Waals surface area contributed by atoms with Gasteiger partial charge in [-0.3, -0.25) is 4.98 Å².